The smallest absolute Gasteiger partial charge is 0.314 e. The van der Waals surface area contributed by atoms with Crippen molar-refractivity contribution in [2.75, 3.05) is 11.5 Å². The van der Waals surface area contributed by atoms with Gasteiger partial charge in [-0.1, -0.05) is 0 Å². The van der Waals surface area contributed by atoms with Gasteiger partial charge in [0, 0.05) is 0 Å². The first kappa shape index (κ1) is 16.0. The van der Waals surface area contributed by atoms with Gasteiger partial charge >= 0.3 is 11.9 Å². The first-order valence-corrected chi connectivity index (χ1v) is 7.35. The summed E-state index contributed by atoms with van der Waals surface area (Å²) < 4.78 is 61.5. The summed E-state index contributed by atoms with van der Waals surface area (Å²) in [6.45, 7) is 0. The fourth-order valence-electron chi connectivity index (χ4n) is 0.654. The molecule has 17 heavy (non-hydrogen) atoms. The lowest BCUT2D eigenvalue weighted by Gasteiger charge is -2.01. The third-order valence-electron chi connectivity index (χ3n) is 1.36. The molecule has 9 nitrogen and oxygen atoms in total. The summed E-state index contributed by atoms with van der Waals surface area (Å²) in [4.78, 5) is 21.6. The van der Waals surface area contributed by atoms with E-state index >= 15 is 0 Å². The highest BCUT2D eigenvalue weighted by Crippen LogP contribution is 1.96. The fourth-order valence-corrected chi connectivity index (χ4v) is 1.50. The molecule has 0 fully saturated rings. The molecule has 0 saturated heterocycles. The van der Waals surface area contributed by atoms with Crippen molar-refractivity contribution in [3.8, 4) is 0 Å². The van der Waals surface area contributed by atoms with Crippen LogP contribution in [-0.2, 0) is 34.6 Å². The monoisotopic (exact) mass is 290 g/mol. The van der Waals surface area contributed by atoms with E-state index in [0.29, 0.717) is 0 Å². The molecule has 0 spiro atoms. The fraction of sp³-hybridized carbons (Fsp3) is 0.667. The van der Waals surface area contributed by atoms with Gasteiger partial charge in [-0.2, -0.15) is 16.8 Å². The first-order valence-electron chi connectivity index (χ1n) is 4.13. The van der Waals surface area contributed by atoms with E-state index in [2.05, 4.69) is 4.74 Å². The minimum atomic E-state index is -4.34. The Bertz CT molecular complexity index is 440. The van der Waals surface area contributed by atoms with Crippen molar-refractivity contribution in [2.45, 2.75) is 12.8 Å². The van der Waals surface area contributed by atoms with E-state index in [1.807, 2.05) is 0 Å². The highest BCUT2D eigenvalue weighted by molar-refractivity contribution is 7.86. The summed E-state index contributed by atoms with van der Waals surface area (Å²) in [6.07, 6.45) is -1.48. The van der Waals surface area contributed by atoms with E-state index in [0.717, 1.165) is 0 Å². The Morgan fingerprint density at radius 1 is 0.824 bits per heavy atom. The molecule has 0 aliphatic heterocycles. The molecule has 0 atom stereocenters. The van der Waals surface area contributed by atoms with Crippen LogP contribution in [0.1, 0.15) is 12.8 Å². The predicted octanol–water partition coefficient (Wildman–Crippen LogP) is -1.39. The van der Waals surface area contributed by atoms with E-state index in [1.54, 1.807) is 0 Å². The number of rotatable bonds is 6. The van der Waals surface area contributed by atoms with Gasteiger partial charge in [0.05, 0.1) is 24.3 Å². The van der Waals surface area contributed by atoms with Crippen LogP contribution in [0.4, 0.5) is 0 Å². The summed E-state index contributed by atoms with van der Waals surface area (Å²) in [5, 5.41) is 0. The molecule has 0 saturated carbocycles. The van der Waals surface area contributed by atoms with Crippen molar-refractivity contribution in [2.24, 2.45) is 0 Å². The van der Waals surface area contributed by atoms with Gasteiger partial charge in [-0.05, 0) is 0 Å². The molecule has 0 aliphatic carbocycles. The molecular formula is C6H10O9S2. The number of carbonyl (C=O) groups excluding carboxylic acids is 2. The molecule has 0 radical (unpaired) electrons. The highest BCUT2D eigenvalue weighted by Gasteiger charge is 2.16. The van der Waals surface area contributed by atoms with Gasteiger partial charge in [-0.3, -0.25) is 18.7 Å². The average Bonchev–Trinajstić information content (AvgIpc) is 2.09. The van der Waals surface area contributed by atoms with Crippen molar-refractivity contribution in [1.29, 1.82) is 0 Å². The second-order valence-electron chi connectivity index (χ2n) is 2.92. The number of ether oxygens (including phenoxy) is 1. The maximum atomic E-state index is 10.8. The molecule has 0 rings (SSSR count). The van der Waals surface area contributed by atoms with E-state index in [1.165, 1.54) is 0 Å². The Morgan fingerprint density at radius 2 is 1.12 bits per heavy atom. The number of esters is 2. The lowest BCUT2D eigenvalue weighted by Crippen LogP contribution is -2.18. The van der Waals surface area contributed by atoms with E-state index < -0.39 is 56.5 Å². The standard InChI is InChI=1S/C6H10O9S2/c7-5(1-3-16(9,10)11)15-6(8)2-4-17(12,13)14/h1-4H2,(H,9,10,11)(H,12,13,14). The molecule has 2 N–H and O–H groups in total. The molecule has 0 bridgehead atoms. The van der Waals surface area contributed by atoms with Gasteiger partial charge in [0.2, 0.25) is 0 Å². The zero-order valence-corrected chi connectivity index (χ0v) is 10.0. The highest BCUT2D eigenvalue weighted by atomic mass is 32.2. The van der Waals surface area contributed by atoms with Crippen molar-refractivity contribution in [3.05, 3.63) is 0 Å². The van der Waals surface area contributed by atoms with Crippen LogP contribution in [0, 0.1) is 0 Å². The van der Waals surface area contributed by atoms with Crippen LogP contribution in [0.3, 0.4) is 0 Å². The molecule has 11 heteroatoms. The van der Waals surface area contributed by atoms with Crippen molar-refractivity contribution in [3.63, 3.8) is 0 Å². The summed E-state index contributed by atoms with van der Waals surface area (Å²) in [5.41, 5.74) is 0. The lowest BCUT2D eigenvalue weighted by atomic mass is 10.5. The second-order valence-corrected chi connectivity index (χ2v) is 6.06. The van der Waals surface area contributed by atoms with Crippen LogP contribution in [0.15, 0.2) is 0 Å². The SMILES string of the molecule is O=C(CCS(=O)(=O)O)OC(=O)CCS(=O)(=O)O. The van der Waals surface area contributed by atoms with Crippen LogP contribution in [0.5, 0.6) is 0 Å². The van der Waals surface area contributed by atoms with Crippen molar-refractivity contribution < 1.29 is 40.3 Å². The van der Waals surface area contributed by atoms with Crippen LogP contribution in [0.25, 0.3) is 0 Å². The van der Waals surface area contributed by atoms with Crippen LogP contribution < -0.4 is 0 Å². The number of hydrogen-bond donors (Lipinski definition) is 2. The number of hydrogen-bond acceptors (Lipinski definition) is 7. The zero-order chi connectivity index (χ0) is 13.7. The lowest BCUT2D eigenvalue weighted by molar-refractivity contribution is -0.159. The molecule has 0 aromatic carbocycles. The first-order chi connectivity index (χ1) is 7.49. The van der Waals surface area contributed by atoms with E-state index in [4.69, 9.17) is 9.11 Å². The van der Waals surface area contributed by atoms with E-state index in [9.17, 15) is 26.4 Å². The quantitative estimate of drug-likeness (QED) is 0.342. The maximum Gasteiger partial charge on any atom is 0.314 e. The van der Waals surface area contributed by atoms with Gasteiger partial charge in [0.15, 0.2) is 0 Å². The average molecular weight is 290 g/mol. The van der Waals surface area contributed by atoms with Crippen LogP contribution in [-0.4, -0.2) is 49.4 Å². The minimum Gasteiger partial charge on any atom is -0.393 e. The van der Waals surface area contributed by atoms with Gasteiger partial charge in [0.25, 0.3) is 20.2 Å². The molecular weight excluding hydrogens is 280 g/mol. The third-order valence-corrected chi connectivity index (χ3v) is 2.80. The molecule has 0 aromatic rings. The summed E-state index contributed by atoms with van der Waals surface area (Å²) in [6, 6.07) is 0. The molecule has 0 amide bonds. The Balaban J connectivity index is 4.02. The van der Waals surface area contributed by atoms with Gasteiger partial charge < -0.3 is 4.74 Å². The van der Waals surface area contributed by atoms with Gasteiger partial charge in [-0.25, -0.2) is 0 Å². The Labute approximate surface area is 97.3 Å². The summed E-state index contributed by atoms with van der Waals surface area (Å²) in [5.74, 6) is -4.25. The van der Waals surface area contributed by atoms with E-state index in [-0.39, 0.29) is 0 Å². The minimum absolute atomic E-state index is 0.740. The third kappa shape index (κ3) is 11.2. The van der Waals surface area contributed by atoms with Crippen molar-refractivity contribution >= 4 is 32.2 Å². The summed E-state index contributed by atoms with van der Waals surface area (Å²) >= 11 is 0. The molecule has 0 aliphatic rings. The predicted molar refractivity (Wildman–Crippen MR) is 53.2 cm³/mol. The van der Waals surface area contributed by atoms with Gasteiger partial charge in [0.1, 0.15) is 0 Å². The zero-order valence-electron chi connectivity index (χ0n) is 8.40. The number of carbonyl (C=O) groups is 2. The molecule has 0 heterocycles. The van der Waals surface area contributed by atoms with Crippen LogP contribution >= 0.6 is 0 Å². The Morgan fingerprint density at radius 3 is 1.35 bits per heavy atom. The molecule has 0 aromatic heterocycles. The van der Waals surface area contributed by atoms with Crippen LogP contribution in [0.2, 0.25) is 0 Å². The molecule has 0 unspecified atom stereocenters. The molecule has 100 valence electrons. The van der Waals surface area contributed by atoms with Crippen molar-refractivity contribution in [1.82, 2.24) is 0 Å². The normalized spacial score (nSPS) is 12.1. The maximum absolute atomic E-state index is 10.8. The largest absolute Gasteiger partial charge is 0.393 e. The summed E-state index contributed by atoms with van der Waals surface area (Å²) in [7, 11) is -8.68. The van der Waals surface area contributed by atoms with Gasteiger partial charge in [-0.15, -0.1) is 0 Å². The Kier molecular flexibility index (Phi) is 5.68. The second kappa shape index (κ2) is 6.05. The topological polar surface area (TPSA) is 152 Å². The Hall–Kier alpha value is -1.04.